The van der Waals surface area contributed by atoms with E-state index < -0.39 is 65.9 Å². The lowest BCUT2D eigenvalue weighted by molar-refractivity contribution is -0.156. The summed E-state index contributed by atoms with van der Waals surface area (Å²) in [5.74, 6) is -4.28. The molecule has 0 spiro atoms. The van der Waals surface area contributed by atoms with Gasteiger partial charge in [0.15, 0.2) is 0 Å². The van der Waals surface area contributed by atoms with E-state index in [9.17, 15) is 33.9 Å². The first-order chi connectivity index (χ1) is 26.6. The number of nitrogens with zero attached hydrogens (tertiary/aromatic N) is 1. The lowest BCUT2D eigenvalue weighted by Crippen LogP contribution is -2.62. The number of aliphatic hydroxyl groups is 1. The number of cyclic esters (lactones) is 1. The minimum absolute atomic E-state index is 0.0804. The van der Waals surface area contributed by atoms with Crippen molar-refractivity contribution < 1.29 is 38.6 Å². The Morgan fingerprint density at radius 1 is 1.05 bits per heavy atom. The summed E-state index contributed by atoms with van der Waals surface area (Å²) >= 11 is 0. The zero-order valence-corrected chi connectivity index (χ0v) is 33.9. The van der Waals surface area contributed by atoms with Gasteiger partial charge in [-0.25, -0.2) is 5.43 Å². The number of Topliss-reactive ketones (excluding diaryl/α,β-unsaturated/α-hetero) is 1. The monoisotopic (exact) mass is 775 g/mol. The fourth-order valence-corrected chi connectivity index (χ4v) is 6.67. The third-order valence-electron chi connectivity index (χ3n) is 10.1. The number of carbonyl (C=O) groups excluding carboxylic acids is 6. The molecule has 0 saturated carbocycles. The molecule has 13 heteroatoms. The van der Waals surface area contributed by atoms with E-state index >= 15 is 0 Å². The van der Waals surface area contributed by atoms with Crippen LogP contribution in [0.3, 0.4) is 0 Å². The number of allylic oxidation sites excluding steroid dienone is 5. The van der Waals surface area contributed by atoms with Gasteiger partial charge in [0.2, 0.25) is 17.7 Å². The Hall–Kier alpha value is -4.88. The molecule has 1 unspecified atom stereocenters. The second kappa shape index (κ2) is 22.6. The summed E-state index contributed by atoms with van der Waals surface area (Å²) < 4.78 is 6.03. The van der Waals surface area contributed by atoms with E-state index in [4.69, 9.17) is 4.74 Å². The number of likely N-dealkylation sites (N-methyl/N-ethyl adjacent to an activating group) is 1. The number of nitrogens with one attached hydrogen (secondary N) is 4. The number of ether oxygens (including phenoxy) is 1. The molecule has 13 nitrogen and oxygen atoms in total. The maximum Gasteiger partial charge on any atom is 0.325 e. The Bertz CT molecular complexity index is 1670. The summed E-state index contributed by atoms with van der Waals surface area (Å²) in [6.07, 6.45) is 12.1. The van der Waals surface area contributed by atoms with Crippen molar-refractivity contribution in [2.75, 3.05) is 13.6 Å². The number of hydrogen-bond donors (Lipinski definition) is 5. The van der Waals surface area contributed by atoms with Crippen LogP contribution in [0.4, 0.5) is 0 Å². The number of rotatable bonds is 9. The van der Waals surface area contributed by atoms with E-state index in [-0.39, 0.29) is 43.4 Å². The summed E-state index contributed by atoms with van der Waals surface area (Å²) in [7, 11) is 1.53. The molecule has 3 rings (SSSR count). The predicted octanol–water partition coefficient (Wildman–Crippen LogP) is 3.71. The molecule has 2 heterocycles. The zero-order chi connectivity index (χ0) is 41.4. The fourth-order valence-electron chi connectivity index (χ4n) is 6.67. The zero-order valence-electron chi connectivity index (χ0n) is 33.9. The summed E-state index contributed by atoms with van der Waals surface area (Å²) in [6, 6.07) is 4.63. The van der Waals surface area contributed by atoms with Crippen LogP contribution >= 0.6 is 0 Å². The van der Waals surface area contributed by atoms with E-state index in [1.165, 1.54) is 25.1 Å². The van der Waals surface area contributed by atoms with E-state index in [1.807, 2.05) is 56.3 Å². The third-order valence-corrected chi connectivity index (χ3v) is 10.1. The van der Waals surface area contributed by atoms with Crippen molar-refractivity contribution in [3.05, 3.63) is 83.5 Å². The molecule has 1 saturated heterocycles. The van der Waals surface area contributed by atoms with Gasteiger partial charge in [-0.2, -0.15) is 0 Å². The van der Waals surface area contributed by atoms with Gasteiger partial charge in [-0.05, 0) is 69.4 Å². The maximum absolute atomic E-state index is 14.3. The van der Waals surface area contributed by atoms with Gasteiger partial charge in [-0.3, -0.25) is 29.0 Å². The van der Waals surface area contributed by atoms with Gasteiger partial charge in [0.05, 0.1) is 12.0 Å². The van der Waals surface area contributed by atoms with Crippen LogP contribution in [0.1, 0.15) is 84.3 Å². The van der Waals surface area contributed by atoms with Crippen molar-refractivity contribution in [2.45, 2.75) is 117 Å². The summed E-state index contributed by atoms with van der Waals surface area (Å²) in [4.78, 5) is 79.7. The molecule has 7 atom stereocenters. The third kappa shape index (κ3) is 14.3. The van der Waals surface area contributed by atoms with E-state index in [2.05, 4.69) is 21.4 Å². The summed E-state index contributed by atoms with van der Waals surface area (Å²) in [6.45, 7) is 10.8. The predicted molar refractivity (Wildman–Crippen MR) is 214 cm³/mol. The van der Waals surface area contributed by atoms with E-state index in [0.29, 0.717) is 31.3 Å². The van der Waals surface area contributed by atoms with Crippen LogP contribution in [-0.2, 0) is 39.9 Å². The first-order valence-electron chi connectivity index (χ1n) is 19.6. The highest BCUT2D eigenvalue weighted by Gasteiger charge is 2.37. The molecule has 4 amide bonds. The lowest BCUT2D eigenvalue weighted by atomic mass is 9.85. The van der Waals surface area contributed by atoms with Crippen LogP contribution < -0.4 is 21.4 Å². The van der Waals surface area contributed by atoms with Crippen molar-refractivity contribution in [3.8, 4) is 0 Å². The molecule has 5 N–H and O–H groups in total. The number of ketones is 1. The van der Waals surface area contributed by atoms with Crippen molar-refractivity contribution in [1.29, 1.82) is 0 Å². The van der Waals surface area contributed by atoms with Crippen LogP contribution in [0.2, 0.25) is 0 Å². The molecule has 0 aliphatic carbocycles. The van der Waals surface area contributed by atoms with E-state index in [1.54, 1.807) is 39.0 Å². The molecule has 0 aromatic heterocycles. The molecule has 2 aliphatic rings. The summed E-state index contributed by atoms with van der Waals surface area (Å²) in [5, 5.41) is 21.1. The van der Waals surface area contributed by atoms with Crippen molar-refractivity contribution in [1.82, 2.24) is 26.4 Å². The molecule has 1 fully saturated rings. The first kappa shape index (κ1) is 45.5. The standard InChI is InChI=1S/C43H61N5O8/c1-27(2)38-41(53)45-35(26-32-18-12-15-28(3)25-32)42(54)48-24-14-19-34(47-48)43(55)56-36(29(4)17-13-21-37(50)44-7)20-11-9-8-10-16-30(5)39(51)33(40(52)46-38)23-22-31(6)49/h8-13,15,17-18,21,25,27,30,33-36,38-39,47,51H,14,16,19-20,22-24,26H2,1-7H3,(H,44,50)(H,45,53)(H,46,52)/b10-8+,11-9+,21-13+,29-17+/t30-,33+,34?,35-,36-,38-,39+/m0/s1. The largest absolute Gasteiger partial charge is 0.456 e. The highest BCUT2D eigenvalue weighted by Crippen LogP contribution is 2.23. The molecular weight excluding hydrogens is 714 g/mol. The van der Waals surface area contributed by atoms with Gasteiger partial charge in [-0.1, -0.05) is 87.1 Å². The Morgan fingerprint density at radius 2 is 1.77 bits per heavy atom. The number of aryl methyl sites for hydroxylation is 1. The van der Waals surface area contributed by atoms with Crippen LogP contribution in [0.5, 0.6) is 0 Å². The number of esters is 1. The van der Waals surface area contributed by atoms with Crippen molar-refractivity contribution in [3.63, 3.8) is 0 Å². The van der Waals surface area contributed by atoms with Crippen LogP contribution in [-0.4, -0.2) is 89.4 Å². The average molecular weight is 776 g/mol. The first-order valence-corrected chi connectivity index (χ1v) is 19.6. The van der Waals surface area contributed by atoms with Crippen LogP contribution in [0.25, 0.3) is 0 Å². The minimum Gasteiger partial charge on any atom is -0.456 e. The number of fused-ring (bicyclic) bond motifs is 2. The number of benzene rings is 1. The van der Waals surface area contributed by atoms with Gasteiger partial charge in [0.25, 0.3) is 5.91 Å². The molecule has 2 aliphatic heterocycles. The molecule has 2 bridgehead atoms. The van der Waals surface area contributed by atoms with Gasteiger partial charge >= 0.3 is 5.97 Å². The SMILES string of the molecule is CNC(=O)/C=C/C=C(\C)[C@@H]1C/C=C/C=C/C[C@H](C)[C@@H](O)[C@@H](CCC(C)=O)C(=O)N[C@@H](C(C)C)C(=O)N[C@@H](Cc2cccc(C)c2)C(=O)N2CCCC(N2)C(=O)O1. The molecule has 1 aromatic rings. The van der Waals surface area contributed by atoms with Crippen LogP contribution in [0.15, 0.2) is 72.4 Å². The highest BCUT2D eigenvalue weighted by molar-refractivity contribution is 5.93. The van der Waals surface area contributed by atoms with Gasteiger partial charge in [0, 0.05) is 38.9 Å². The lowest BCUT2D eigenvalue weighted by Gasteiger charge is -2.36. The van der Waals surface area contributed by atoms with Gasteiger partial charge in [0.1, 0.15) is 30.0 Å². The molecule has 56 heavy (non-hydrogen) atoms. The fraction of sp³-hybridized carbons (Fsp3) is 0.535. The molecule has 0 radical (unpaired) electrons. The quantitative estimate of drug-likeness (QED) is 0.142. The van der Waals surface area contributed by atoms with Crippen molar-refractivity contribution >= 4 is 35.4 Å². The Morgan fingerprint density at radius 3 is 2.43 bits per heavy atom. The molecule has 306 valence electrons. The Kier molecular flexibility index (Phi) is 18.4. The average Bonchev–Trinajstić information content (AvgIpc) is 3.16. The van der Waals surface area contributed by atoms with E-state index in [0.717, 1.165) is 11.1 Å². The molecular formula is C43H61N5O8. The number of carbonyl (C=O) groups is 6. The second-order valence-electron chi connectivity index (χ2n) is 15.3. The van der Waals surface area contributed by atoms with Gasteiger partial charge < -0.3 is 30.6 Å². The molecule has 1 aromatic carbocycles. The van der Waals surface area contributed by atoms with Gasteiger partial charge in [-0.15, -0.1) is 0 Å². The smallest absolute Gasteiger partial charge is 0.325 e. The number of amides is 4. The maximum atomic E-state index is 14.3. The van der Waals surface area contributed by atoms with Crippen molar-refractivity contribution in [2.24, 2.45) is 17.8 Å². The Labute approximate surface area is 331 Å². The number of aliphatic hydroxyl groups excluding tert-OH is 1. The Balaban J connectivity index is 2.05. The number of hydrazine groups is 1. The number of hydrogen-bond acceptors (Lipinski definition) is 9. The van der Waals surface area contributed by atoms with Crippen LogP contribution in [0, 0.1) is 24.7 Å². The minimum atomic E-state index is -1.12. The second-order valence-corrected chi connectivity index (χ2v) is 15.3. The topological polar surface area (TPSA) is 183 Å². The summed E-state index contributed by atoms with van der Waals surface area (Å²) in [5.41, 5.74) is 5.53. The highest BCUT2D eigenvalue weighted by atomic mass is 16.5. The normalized spacial score (nSPS) is 27.7.